The molecule has 1 aliphatic carbocycles. The number of rotatable bonds is 3. The maximum absolute atomic E-state index is 11.0. The van der Waals surface area contributed by atoms with Crippen molar-refractivity contribution in [3.8, 4) is 0 Å². The van der Waals surface area contributed by atoms with Gasteiger partial charge in [0.2, 0.25) is 0 Å². The lowest BCUT2D eigenvalue weighted by atomic mass is 9.63. The van der Waals surface area contributed by atoms with Crippen molar-refractivity contribution in [2.75, 3.05) is 7.11 Å². The SMILES string of the molecule is COC(=O)/C=C/NC1CC(C)(C)CC(C)(C)C1. The Morgan fingerprint density at radius 3 is 2.24 bits per heavy atom. The van der Waals surface area contributed by atoms with Gasteiger partial charge in [-0.3, -0.25) is 0 Å². The number of carbonyl (C=O) groups excluding carboxylic acids is 1. The molecule has 0 aromatic heterocycles. The number of methoxy groups -OCH3 is 1. The summed E-state index contributed by atoms with van der Waals surface area (Å²) in [5, 5.41) is 3.32. The maximum Gasteiger partial charge on any atom is 0.331 e. The smallest absolute Gasteiger partial charge is 0.331 e. The number of hydrogen-bond acceptors (Lipinski definition) is 3. The topological polar surface area (TPSA) is 38.3 Å². The van der Waals surface area contributed by atoms with Gasteiger partial charge in [-0.1, -0.05) is 27.7 Å². The van der Waals surface area contributed by atoms with Crippen molar-refractivity contribution in [1.82, 2.24) is 5.32 Å². The zero-order chi connectivity index (χ0) is 13.1. The zero-order valence-electron chi connectivity index (χ0n) is 11.7. The van der Waals surface area contributed by atoms with Crippen LogP contribution in [0.2, 0.25) is 0 Å². The molecular weight excluding hydrogens is 214 g/mol. The molecule has 1 fully saturated rings. The van der Waals surface area contributed by atoms with E-state index < -0.39 is 0 Å². The van der Waals surface area contributed by atoms with Gasteiger partial charge in [-0.2, -0.15) is 0 Å². The Balaban J connectivity index is 2.54. The average Bonchev–Trinajstić information content (AvgIpc) is 2.12. The van der Waals surface area contributed by atoms with Gasteiger partial charge in [0.1, 0.15) is 0 Å². The van der Waals surface area contributed by atoms with Crippen molar-refractivity contribution >= 4 is 5.97 Å². The fraction of sp³-hybridized carbons (Fsp3) is 0.786. The standard InChI is InChI=1S/C14H25NO2/c1-13(2)8-11(9-14(3,4)10-13)15-7-6-12(16)17-5/h6-7,11,15H,8-10H2,1-5H3/b7-6+. The Morgan fingerprint density at radius 1 is 1.24 bits per heavy atom. The summed E-state index contributed by atoms with van der Waals surface area (Å²) in [5.74, 6) is -0.313. The van der Waals surface area contributed by atoms with E-state index in [1.54, 1.807) is 6.20 Å². The van der Waals surface area contributed by atoms with Crippen LogP contribution >= 0.6 is 0 Å². The van der Waals surface area contributed by atoms with Crippen LogP contribution in [0.5, 0.6) is 0 Å². The molecule has 0 heterocycles. The van der Waals surface area contributed by atoms with Crippen LogP contribution in [-0.4, -0.2) is 19.1 Å². The molecule has 0 atom stereocenters. The molecule has 98 valence electrons. The first kappa shape index (κ1) is 14.1. The van der Waals surface area contributed by atoms with E-state index in [1.165, 1.54) is 19.6 Å². The van der Waals surface area contributed by atoms with Gasteiger partial charge in [0.05, 0.1) is 7.11 Å². The highest BCUT2D eigenvalue weighted by molar-refractivity contribution is 5.81. The normalized spacial score (nSPS) is 23.6. The average molecular weight is 239 g/mol. The molecule has 0 aromatic carbocycles. The van der Waals surface area contributed by atoms with Crippen molar-refractivity contribution in [1.29, 1.82) is 0 Å². The van der Waals surface area contributed by atoms with Crippen LogP contribution < -0.4 is 5.32 Å². The molecule has 0 bridgehead atoms. The van der Waals surface area contributed by atoms with Gasteiger partial charge in [0.15, 0.2) is 0 Å². The number of nitrogens with one attached hydrogen (secondary N) is 1. The van der Waals surface area contributed by atoms with Crippen LogP contribution in [0.25, 0.3) is 0 Å². The summed E-state index contributed by atoms with van der Waals surface area (Å²) in [6.07, 6.45) is 6.69. The Bertz CT molecular complexity index is 289. The molecule has 0 amide bonds. The Labute approximate surface area is 105 Å². The lowest BCUT2D eigenvalue weighted by Gasteiger charge is -2.45. The molecule has 0 aromatic rings. The van der Waals surface area contributed by atoms with Crippen LogP contribution in [0.4, 0.5) is 0 Å². The second-order valence-electron chi connectivity index (χ2n) is 6.63. The minimum absolute atomic E-state index is 0.313. The molecule has 1 N–H and O–H groups in total. The van der Waals surface area contributed by atoms with Crippen LogP contribution in [0, 0.1) is 10.8 Å². The highest BCUT2D eigenvalue weighted by Crippen LogP contribution is 2.45. The second kappa shape index (κ2) is 5.11. The first-order valence-corrected chi connectivity index (χ1v) is 6.25. The third kappa shape index (κ3) is 4.80. The van der Waals surface area contributed by atoms with E-state index >= 15 is 0 Å². The molecule has 0 spiro atoms. The van der Waals surface area contributed by atoms with Crippen LogP contribution in [-0.2, 0) is 9.53 Å². The van der Waals surface area contributed by atoms with Gasteiger partial charge in [-0.15, -0.1) is 0 Å². The Morgan fingerprint density at radius 2 is 1.76 bits per heavy atom. The first-order valence-electron chi connectivity index (χ1n) is 6.25. The zero-order valence-corrected chi connectivity index (χ0v) is 11.7. The Kier molecular flexibility index (Phi) is 4.23. The van der Waals surface area contributed by atoms with Gasteiger partial charge in [0, 0.05) is 18.3 Å². The first-order chi connectivity index (χ1) is 7.74. The second-order valence-corrected chi connectivity index (χ2v) is 6.63. The molecule has 1 saturated carbocycles. The fourth-order valence-corrected chi connectivity index (χ4v) is 3.28. The number of ether oxygens (including phenoxy) is 1. The molecule has 3 nitrogen and oxygen atoms in total. The van der Waals surface area contributed by atoms with E-state index in [2.05, 4.69) is 37.7 Å². The summed E-state index contributed by atoms with van der Waals surface area (Å²) in [4.78, 5) is 11.0. The van der Waals surface area contributed by atoms with E-state index in [9.17, 15) is 4.79 Å². The number of carbonyl (C=O) groups is 1. The number of esters is 1. The predicted octanol–water partition coefficient (Wildman–Crippen LogP) is 2.87. The van der Waals surface area contributed by atoms with Crippen molar-refractivity contribution in [3.05, 3.63) is 12.3 Å². The van der Waals surface area contributed by atoms with Crippen LogP contribution in [0.3, 0.4) is 0 Å². The highest BCUT2D eigenvalue weighted by atomic mass is 16.5. The summed E-state index contributed by atoms with van der Waals surface area (Å²) < 4.78 is 4.56. The quantitative estimate of drug-likeness (QED) is 0.608. The van der Waals surface area contributed by atoms with Crippen LogP contribution in [0.15, 0.2) is 12.3 Å². The molecule has 0 saturated heterocycles. The summed E-state index contributed by atoms with van der Waals surface area (Å²) in [6, 6.07) is 0.439. The monoisotopic (exact) mass is 239 g/mol. The summed E-state index contributed by atoms with van der Waals surface area (Å²) in [6.45, 7) is 9.25. The predicted molar refractivity (Wildman–Crippen MR) is 69.5 cm³/mol. The highest BCUT2D eigenvalue weighted by Gasteiger charge is 2.37. The van der Waals surface area contributed by atoms with E-state index in [1.807, 2.05) is 0 Å². The van der Waals surface area contributed by atoms with Crippen molar-refractivity contribution in [2.45, 2.75) is 53.0 Å². The molecule has 3 heteroatoms. The number of hydrogen-bond donors (Lipinski definition) is 1. The summed E-state index contributed by atoms with van der Waals surface area (Å²) in [5.41, 5.74) is 0.719. The van der Waals surface area contributed by atoms with Crippen molar-refractivity contribution in [3.63, 3.8) is 0 Å². The van der Waals surface area contributed by atoms with Crippen molar-refractivity contribution in [2.24, 2.45) is 10.8 Å². The lowest BCUT2D eigenvalue weighted by Crippen LogP contribution is -2.42. The minimum Gasteiger partial charge on any atom is -0.466 e. The van der Waals surface area contributed by atoms with E-state index in [-0.39, 0.29) is 5.97 Å². The van der Waals surface area contributed by atoms with Gasteiger partial charge in [0.25, 0.3) is 0 Å². The molecule has 1 aliphatic rings. The molecule has 1 rings (SSSR count). The third-order valence-electron chi connectivity index (χ3n) is 3.31. The van der Waals surface area contributed by atoms with Gasteiger partial charge in [-0.25, -0.2) is 4.79 Å². The maximum atomic E-state index is 11.0. The van der Waals surface area contributed by atoms with Gasteiger partial charge < -0.3 is 10.1 Å². The van der Waals surface area contributed by atoms with E-state index in [0.29, 0.717) is 16.9 Å². The molecule has 0 aliphatic heterocycles. The minimum atomic E-state index is -0.313. The van der Waals surface area contributed by atoms with Crippen LogP contribution in [0.1, 0.15) is 47.0 Å². The molecular formula is C14H25NO2. The Hall–Kier alpha value is -0.990. The van der Waals surface area contributed by atoms with Crippen molar-refractivity contribution < 1.29 is 9.53 Å². The van der Waals surface area contributed by atoms with E-state index in [4.69, 9.17) is 0 Å². The molecule has 0 unspecified atom stereocenters. The lowest BCUT2D eigenvalue weighted by molar-refractivity contribution is -0.134. The fourth-order valence-electron chi connectivity index (χ4n) is 3.28. The summed E-state index contributed by atoms with van der Waals surface area (Å²) in [7, 11) is 1.39. The molecule has 17 heavy (non-hydrogen) atoms. The summed E-state index contributed by atoms with van der Waals surface area (Å²) >= 11 is 0. The molecule has 0 radical (unpaired) electrons. The van der Waals surface area contributed by atoms with E-state index in [0.717, 1.165) is 12.8 Å². The van der Waals surface area contributed by atoms with Gasteiger partial charge in [-0.05, 0) is 30.1 Å². The largest absolute Gasteiger partial charge is 0.466 e. The van der Waals surface area contributed by atoms with Gasteiger partial charge >= 0.3 is 5.97 Å². The third-order valence-corrected chi connectivity index (χ3v) is 3.31.